The van der Waals surface area contributed by atoms with Crippen LogP contribution in [0.4, 0.5) is 48.5 Å². The van der Waals surface area contributed by atoms with E-state index in [1.165, 1.54) is 18.2 Å². The monoisotopic (exact) mass is 684 g/mol. The Bertz CT molecular complexity index is 1600. The minimum absolute atomic E-state index is 0.0266. The zero-order chi connectivity index (χ0) is 35.4. The summed E-state index contributed by atoms with van der Waals surface area (Å²) < 4.78 is 92.0. The third-order valence-corrected chi connectivity index (χ3v) is 7.63. The van der Waals surface area contributed by atoms with Crippen molar-refractivity contribution in [3.8, 4) is 5.88 Å². The Morgan fingerprint density at radius 1 is 1.06 bits per heavy atom. The fraction of sp³-hybridized carbons (Fsp3) is 0.452. The molecule has 2 N–H and O–H groups in total. The van der Waals surface area contributed by atoms with Gasteiger partial charge in [0.25, 0.3) is 0 Å². The van der Waals surface area contributed by atoms with Gasteiger partial charge >= 0.3 is 24.4 Å². The maximum atomic E-state index is 13.5. The number of aromatic nitrogens is 3. The minimum Gasteiger partial charge on any atom is -0.481 e. The number of anilines is 3. The van der Waals surface area contributed by atoms with E-state index in [1.807, 2.05) is 6.92 Å². The molecule has 1 aromatic carbocycles. The lowest BCUT2D eigenvalue weighted by Crippen LogP contribution is -2.46. The first-order valence-electron chi connectivity index (χ1n) is 14.8. The van der Waals surface area contributed by atoms with Gasteiger partial charge in [0.15, 0.2) is 0 Å². The Morgan fingerprint density at radius 2 is 1.73 bits per heavy atom. The van der Waals surface area contributed by atoms with Crippen molar-refractivity contribution in [2.24, 2.45) is 0 Å². The van der Waals surface area contributed by atoms with Crippen molar-refractivity contribution in [2.75, 3.05) is 42.9 Å². The lowest BCUT2D eigenvalue weighted by molar-refractivity contribution is -0.143. The highest BCUT2D eigenvalue weighted by atomic mass is 19.4. The summed E-state index contributed by atoms with van der Waals surface area (Å²) in [6.07, 6.45) is -8.94. The summed E-state index contributed by atoms with van der Waals surface area (Å²) in [5.74, 6) is -0.755. The molecule has 17 heteroatoms. The Kier molecular flexibility index (Phi) is 10.9. The Morgan fingerprint density at radius 3 is 2.29 bits per heavy atom. The minimum atomic E-state index is -5.00. The van der Waals surface area contributed by atoms with E-state index in [1.54, 1.807) is 31.1 Å². The second-order valence-electron chi connectivity index (χ2n) is 11.2. The number of nitrogens with zero attached hydrogens (tertiary/aromatic N) is 5. The highest BCUT2D eigenvalue weighted by molar-refractivity contribution is 5.90. The van der Waals surface area contributed by atoms with Gasteiger partial charge in [-0.25, -0.2) is 19.7 Å². The molecule has 0 saturated heterocycles. The molecule has 0 unspecified atom stereocenters. The molecular formula is C31H34F6N6O5. The molecule has 0 spiro atoms. The average molecular weight is 685 g/mol. The topological polar surface area (TPSA) is 130 Å². The molecule has 1 aliphatic rings. The summed E-state index contributed by atoms with van der Waals surface area (Å²) in [6, 6.07) is 3.57. The van der Waals surface area contributed by atoms with Crippen LogP contribution in [0.3, 0.4) is 0 Å². The van der Waals surface area contributed by atoms with E-state index in [9.17, 15) is 35.9 Å². The number of alkyl halides is 6. The molecule has 3 aromatic rings. The number of carbonyl (C=O) groups is 2. The normalized spacial score (nSPS) is 16.2. The fourth-order valence-corrected chi connectivity index (χ4v) is 5.34. The molecule has 0 saturated carbocycles. The number of halogens is 6. The summed E-state index contributed by atoms with van der Waals surface area (Å²) in [7, 11) is 4.69. The summed E-state index contributed by atoms with van der Waals surface area (Å²) in [5, 5.41) is 12.1. The second-order valence-corrected chi connectivity index (χ2v) is 11.2. The molecule has 2 atom stereocenters. The summed E-state index contributed by atoms with van der Waals surface area (Å²) in [5.41, 5.74) is -1.81. The summed E-state index contributed by atoms with van der Waals surface area (Å²) >= 11 is 0. The number of carbonyl (C=O) groups excluding carboxylic acids is 1. The molecule has 48 heavy (non-hydrogen) atoms. The van der Waals surface area contributed by atoms with Crippen LogP contribution in [0.1, 0.15) is 66.7 Å². The lowest BCUT2D eigenvalue weighted by atomic mass is 9.93. The number of nitrogens with one attached hydrogen (secondary N) is 1. The molecule has 0 radical (unpaired) electrons. The molecule has 4 rings (SSSR count). The molecule has 11 nitrogen and oxygen atoms in total. The van der Waals surface area contributed by atoms with E-state index in [0.717, 1.165) is 0 Å². The second kappa shape index (κ2) is 14.5. The van der Waals surface area contributed by atoms with Crippen LogP contribution in [0.2, 0.25) is 0 Å². The van der Waals surface area contributed by atoms with Gasteiger partial charge in [-0.15, -0.1) is 0 Å². The number of carboxylic acid groups (broad SMARTS) is 1. The van der Waals surface area contributed by atoms with E-state index in [2.05, 4.69) is 20.3 Å². The van der Waals surface area contributed by atoms with E-state index in [0.29, 0.717) is 35.6 Å². The number of carboxylic acids is 1. The quantitative estimate of drug-likeness (QED) is 0.166. The van der Waals surface area contributed by atoms with Crippen molar-refractivity contribution in [3.05, 3.63) is 64.6 Å². The number of rotatable bonds is 11. The number of benzene rings is 1. The van der Waals surface area contributed by atoms with Crippen LogP contribution in [-0.2, 0) is 28.3 Å². The van der Waals surface area contributed by atoms with Crippen molar-refractivity contribution in [1.29, 1.82) is 0 Å². The van der Waals surface area contributed by atoms with Crippen LogP contribution in [0.25, 0.3) is 0 Å². The number of pyridine rings is 1. The van der Waals surface area contributed by atoms with Crippen LogP contribution in [0.5, 0.6) is 5.88 Å². The molecule has 2 aromatic heterocycles. The first kappa shape index (κ1) is 36.0. The van der Waals surface area contributed by atoms with Crippen LogP contribution in [0, 0.1) is 0 Å². The van der Waals surface area contributed by atoms with Gasteiger partial charge in [0.2, 0.25) is 11.8 Å². The first-order chi connectivity index (χ1) is 22.5. The number of hydrogen-bond acceptors (Lipinski definition) is 9. The summed E-state index contributed by atoms with van der Waals surface area (Å²) in [4.78, 5) is 40.5. The standard InChI is InChI=1S/C31H34F6N6O5/c1-5-20-15-22(27-23(8-9-25(41-27)47-4)43(20)29(46)48-10-6-7-26(44)45)40-28-38-16-24(42(2)3)21(39-28)13-17-11-18(30(32,33)34)14-19(12-17)31(35,36)37/h8-9,11-12,14,16,20,22H,5-7,10,13,15H2,1-4H3,(H,44,45)(H,38,39,40)/t20-,22+/m1/s1. The Labute approximate surface area is 271 Å². The van der Waals surface area contributed by atoms with Gasteiger partial charge < -0.3 is 24.8 Å². The summed E-state index contributed by atoms with van der Waals surface area (Å²) in [6.45, 7) is 1.75. The third kappa shape index (κ3) is 8.55. The van der Waals surface area contributed by atoms with Gasteiger partial charge in [-0.1, -0.05) is 6.92 Å². The smallest absolute Gasteiger partial charge is 0.416 e. The van der Waals surface area contributed by atoms with Gasteiger partial charge in [0, 0.05) is 39.0 Å². The molecular weight excluding hydrogens is 650 g/mol. The van der Waals surface area contributed by atoms with Gasteiger partial charge in [-0.3, -0.25) is 9.69 Å². The van der Waals surface area contributed by atoms with E-state index < -0.39 is 47.6 Å². The van der Waals surface area contributed by atoms with Crippen LogP contribution >= 0.6 is 0 Å². The molecule has 0 bridgehead atoms. The Balaban J connectivity index is 1.69. The van der Waals surface area contributed by atoms with Crippen molar-refractivity contribution >= 4 is 29.4 Å². The van der Waals surface area contributed by atoms with Crippen molar-refractivity contribution < 1.29 is 50.5 Å². The molecule has 1 aliphatic heterocycles. The number of aliphatic carboxylic acids is 1. The highest BCUT2D eigenvalue weighted by Gasteiger charge is 2.39. The maximum absolute atomic E-state index is 13.5. The molecule has 260 valence electrons. The average Bonchev–Trinajstić information content (AvgIpc) is 3.01. The first-order valence-corrected chi connectivity index (χ1v) is 14.8. The molecule has 3 heterocycles. The number of ether oxygens (including phenoxy) is 2. The van der Waals surface area contributed by atoms with Gasteiger partial charge in [0.1, 0.15) is 0 Å². The SMILES string of the molecule is CC[C@@H]1C[C@H](Nc2ncc(N(C)C)c(Cc3cc(C(F)(F)F)cc(C(F)(F)F)c3)n2)c2nc(OC)ccc2N1C(=O)OCCCC(=O)O. The lowest BCUT2D eigenvalue weighted by Gasteiger charge is -2.39. The van der Waals surface area contributed by atoms with Crippen LogP contribution < -0.4 is 19.9 Å². The zero-order valence-corrected chi connectivity index (χ0v) is 26.4. The predicted octanol–water partition coefficient (Wildman–Crippen LogP) is 6.72. The van der Waals surface area contributed by atoms with Crippen LogP contribution in [-0.4, -0.2) is 66.0 Å². The van der Waals surface area contributed by atoms with Crippen LogP contribution in [0.15, 0.2) is 36.5 Å². The number of amides is 1. The van der Waals surface area contributed by atoms with E-state index in [-0.39, 0.29) is 61.4 Å². The van der Waals surface area contributed by atoms with Gasteiger partial charge in [-0.05, 0) is 49.1 Å². The highest BCUT2D eigenvalue weighted by Crippen LogP contribution is 2.41. The maximum Gasteiger partial charge on any atom is 0.416 e. The molecule has 0 aliphatic carbocycles. The predicted molar refractivity (Wildman–Crippen MR) is 162 cm³/mol. The van der Waals surface area contributed by atoms with Crippen molar-refractivity contribution in [1.82, 2.24) is 15.0 Å². The van der Waals surface area contributed by atoms with E-state index in [4.69, 9.17) is 14.6 Å². The number of hydrogen-bond donors (Lipinski definition) is 2. The van der Waals surface area contributed by atoms with Crippen molar-refractivity contribution in [2.45, 2.75) is 63.5 Å². The van der Waals surface area contributed by atoms with Gasteiger partial charge in [0.05, 0.1) is 59.8 Å². The van der Waals surface area contributed by atoms with E-state index >= 15 is 0 Å². The van der Waals surface area contributed by atoms with Crippen molar-refractivity contribution in [3.63, 3.8) is 0 Å². The number of fused-ring (bicyclic) bond motifs is 1. The molecule has 1 amide bonds. The number of methoxy groups -OCH3 is 1. The largest absolute Gasteiger partial charge is 0.481 e. The molecule has 0 fully saturated rings. The Hall–Kier alpha value is -4.83. The zero-order valence-electron chi connectivity index (χ0n) is 26.4. The fourth-order valence-electron chi connectivity index (χ4n) is 5.34. The third-order valence-electron chi connectivity index (χ3n) is 7.63. The van der Waals surface area contributed by atoms with Gasteiger partial charge in [-0.2, -0.15) is 26.3 Å².